The Labute approximate surface area is 115 Å². The van der Waals surface area contributed by atoms with Gasteiger partial charge in [-0.2, -0.15) is 0 Å². The highest BCUT2D eigenvalue weighted by Gasteiger charge is 1.99. The van der Waals surface area contributed by atoms with E-state index in [-0.39, 0.29) is 0 Å². The molecule has 1 heterocycles. The zero-order valence-electron chi connectivity index (χ0n) is 9.65. The molecule has 1 aromatic carbocycles. The number of halogens is 1. The van der Waals surface area contributed by atoms with Crippen molar-refractivity contribution in [3.8, 4) is 17.6 Å². The van der Waals surface area contributed by atoms with Crippen molar-refractivity contribution < 1.29 is 4.74 Å². The lowest BCUT2D eigenvalue weighted by molar-refractivity contribution is 0.310. The van der Waals surface area contributed by atoms with Crippen molar-refractivity contribution in [3.63, 3.8) is 0 Å². The Hall–Kier alpha value is -1.47. The molecule has 92 valence electrons. The Morgan fingerprint density at radius 1 is 1.17 bits per heavy atom. The van der Waals surface area contributed by atoms with E-state index in [1.807, 2.05) is 36.4 Å². The molecule has 0 atom stereocenters. The molecule has 0 aliphatic heterocycles. The minimum atomic E-state index is 0.383. The molecule has 0 amide bonds. The number of hydrogen-bond donors (Lipinski definition) is 1. The first kappa shape index (κ1) is 13.0. The summed E-state index contributed by atoms with van der Waals surface area (Å²) in [6, 6.07) is 11.3. The molecule has 2 nitrogen and oxygen atoms in total. The first-order valence-corrected chi connectivity index (χ1v) is 6.63. The fraction of sp³-hybridized carbons (Fsp3) is 0.143. The van der Waals surface area contributed by atoms with Crippen LogP contribution in [0.1, 0.15) is 9.75 Å². The van der Waals surface area contributed by atoms with E-state index in [1.54, 1.807) is 11.3 Å². The molecule has 2 aromatic rings. The first-order chi connectivity index (χ1) is 8.78. The fourth-order valence-corrected chi connectivity index (χ4v) is 2.27. The van der Waals surface area contributed by atoms with Crippen LogP contribution in [-0.4, -0.2) is 6.54 Å². The Bertz CT molecular complexity index is 565. The number of rotatable bonds is 3. The van der Waals surface area contributed by atoms with Crippen LogP contribution in [0.5, 0.6) is 5.75 Å². The third-order valence-corrected chi connectivity index (χ3v) is 3.40. The SMILES string of the molecule is NCC#Cc1ccc(COc2ccc(Cl)cc2)s1. The smallest absolute Gasteiger partial charge is 0.122 e. The van der Waals surface area contributed by atoms with Gasteiger partial charge in [-0.1, -0.05) is 23.4 Å². The van der Waals surface area contributed by atoms with E-state index in [0.29, 0.717) is 18.2 Å². The zero-order valence-corrected chi connectivity index (χ0v) is 11.2. The van der Waals surface area contributed by atoms with Crippen LogP contribution in [0.25, 0.3) is 0 Å². The minimum Gasteiger partial charge on any atom is -0.488 e. The van der Waals surface area contributed by atoms with Gasteiger partial charge in [0, 0.05) is 9.90 Å². The lowest BCUT2D eigenvalue weighted by Crippen LogP contribution is -1.92. The maximum absolute atomic E-state index is 5.80. The number of benzene rings is 1. The van der Waals surface area contributed by atoms with Crippen molar-refractivity contribution in [2.75, 3.05) is 6.54 Å². The molecule has 1 aromatic heterocycles. The number of hydrogen-bond acceptors (Lipinski definition) is 3. The van der Waals surface area contributed by atoms with Crippen molar-refractivity contribution in [2.45, 2.75) is 6.61 Å². The summed E-state index contributed by atoms with van der Waals surface area (Å²) in [6.45, 7) is 0.922. The zero-order chi connectivity index (χ0) is 12.8. The molecule has 0 spiro atoms. The van der Waals surface area contributed by atoms with Crippen LogP contribution in [0.2, 0.25) is 5.02 Å². The number of ether oxygens (including phenoxy) is 1. The third kappa shape index (κ3) is 3.78. The lowest BCUT2D eigenvalue weighted by Gasteiger charge is -2.03. The molecule has 0 bridgehead atoms. The van der Waals surface area contributed by atoms with Gasteiger partial charge in [-0.05, 0) is 36.4 Å². The van der Waals surface area contributed by atoms with Crippen LogP contribution < -0.4 is 10.5 Å². The van der Waals surface area contributed by atoms with Crippen molar-refractivity contribution in [1.29, 1.82) is 0 Å². The van der Waals surface area contributed by atoms with Crippen LogP contribution in [-0.2, 0) is 6.61 Å². The van der Waals surface area contributed by atoms with Crippen LogP contribution in [0.15, 0.2) is 36.4 Å². The molecular weight excluding hydrogens is 266 g/mol. The second kappa shape index (κ2) is 6.46. The van der Waals surface area contributed by atoms with Gasteiger partial charge in [0.1, 0.15) is 12.4 Å². The van der Waals surface area contributed by atoms with Crippen LogP contribution in [0, 0.1) is 11.8 Å². The summed E-state index contributed by atoms with van der Waals surface area (Å²) in [5.74, 6) is 6.64. The highest BCUT2D eigenvalue weighted by atomic mass is 35.5. The highest BCUT2D eigenvalue weighted by Crippen LogP contribution is 2.20. The molecule has 2 N–H and O–H groups in total. The molecule has 0 aliphatic rings. The van der Waals surface area contributed by atoms with Gasteiger partial charge in [-0.25, -0.2) is 0 Å². The van der Waals surface area contributed by atoms with Gasteiger partial charge in [0.25, 0.3) is 0 Å². The maximum Gasteiger partial charge on any atom is 0.122 e. The Balaban J connectivity index is 1.94. The van der Waals surface area contributed by atoms with E-state index in [2.05, 4.69) is 11.8 Å². The predicted molar refractivity (Wildman–Crippen MR) is 76.0 cm³/mol. The summed E-state index contributed by atoms with van der Waals surface area (Å²) in [6.07, 6.45) is 0. The number of thiophene rings is 1. The Morgan fingerprint density at radius 2 is 1.94 bits per heavy atom. The monoisotopic (exact) mass is 277 g/mol. The van der Waals surface area contributed by atoms with Crippen LogP contribution >= 0.6 is 22.9 Å². The van der Waals surface area contributed by atoms with E-state index in [9.17, 15) is 0 Å². The van der Waals surface area contributed by atoms with Crippen molar-refractivity contribution in [2.24, 2.45) is 5.73 Å². The fourth-order valence-electron chi connectivity index (χ4n) is 1.35. The topological polar surface area (TPSA) is 35.2 Å². The van der Waals surface area contributed by atoms with Crippen LogP contribution in [0.4, 0.5) is 0 Å². The second-order valence-electron chi connectivity index (χ2n) is 3.51. The Kier molecular flexibility index (Phi) is 4.66. The maximum atomic E-state index is 5.80. The van der Waals surface area contributed by atoms with E-state index in [4.69, 9.17) is 22.1 Å². The van der Waals surface area contributed by atoms with Crippen molar-refractivity contribution in [1.82, 2.24) is 0 Å². The normalized spacial score (nSPS) is 9.67. The van der Waals surface area contributed by atoms with Crippen LogP contribution in [0.3, 0.4) is 0 Å². The van der Waals surface area contributed by atoms with Gasteiger partial charge in [-0.15, -0.1) is 11.3 Å². The molecule has 0 saturated carbocycles. The predicted octanol–water partition coefficient (Wildman–Crippen LogP) is 3.29. The van der Waals surface area contributed by atoms with E-state index in [1.165, 1.54) is 0 Å². The van der Waals surface area contributed by atoms with Gasteiger partial charge in [-0.3, -0.25) is 0 Å². The average Bonchev–Trinajstić information content (AvgIpc) is 2.84. The molecule has 0 radical (unpaired) electrons. The van der Waals surface area contributed by atoms with Gasteiger partial charge in [0.2, 0.25) is 0 Å². The third-order valence-electron chi connectivity index (χ3n) is 2.17. The van der Waals surface area contributed by atoms with E-state index < -0.39 is 0 Å². The Morgan fingerprint density at radius 3 is 2.67 bits per heavy atom. The van der Waals surface area contributed by atoms with Gasteiger partial charge < -0.3 is 10.5 Å². The average molecular weight is 278 g/mol. The summed E-state index contributed by atoms with van der Waals surface area (Å²) < 4.78 is 5.64. The van der Waals surface area contributed by atoms with Crippen molar-refractivity contribution in [3.05, 3.63) is 51.2 Å². The molecule has 2 rings (SSSR count). The van der Waals surface area contributed by atoms with E-state index in [0.717, 1.165) is 15.5 Å². The molecule has 18 heavy (non-hydrogen) atoms. The van der Waals surface area contributed by atoms with Crippen molar-refractivity contribution >= 4 is 22.9 Å². The van der Waals surface area contributed by atoms with Gasteiger partial charge in [0.05, 0.1) is 11.4 Å². The molecule has 0 saturated heterocycles. The first-order valence-electron chi connectivity index (χ1n) is 5.44. The quantitative estimate of drug-likeness (QED) is 0.874. The summed E-state index contributed by atoms with van der Waals surface area (Å²) >= 11 is 7.42. The summed E-state index contributed by atoms with van der Waals surface area (Å²) in [7, 11) is 0. The number of nitrogens with two attached hydrogens (primary N) is 1. The summed E-state index contributed by atoms with van der Waals surface area (Å²) in [5.41, 5.74) is 5.33. The largest absolute Gasteiger partial charge is 0.488 e. The molecule has 4 heteroatoms. The van der Waals surface area contributed by atoms with Gasteiger partial charge in [0.15, 0.2) is 0 Å². The summed E-state index contributed by atoms with van der Waals surface area (Å²) in [5, 5.41) is 0.706. The molecule has 0 fully saturated rings. The molecule has 0 aliphatic carbocycles. The standard InChI is InChI=1S/C14H12ClNOS/c15-11-3-5-12(6-4-11)17-10-14-8-7-13(18-14)2-1-9-16/h3-8H,9-10,16H2. The molecular formula is C14H12ClNOS. The highest BCUT2D eigenvalue weighted by molar-refractivity contribution is 7.12. The lowest BCUT2D eigenvalue weighted by atomic mass is 10.3. The summed E-state index contributed by atoms with van der Waals surface area (Å²) in [4.78, 5) is 2.14. The van der Waals surface area contributed by atoms with E-state index >= 15 is 0 Å². The second-order valence-corrected chi connectivity index (χ2v) is 5.12. The van der Waals surface area contributed by atoms with Gasteiger partial charge >= 0.3 is 0 Å². The molecule has 0 unspecified atom stereocenters. The minimum absolute atomic E-state index is 0.383.